The maximum absolute atomic E-state index is 11.9. The molecule has 0 saturated heterocycles. The molecule has 0 aliphatic rings. The minimum absolute atomic E-state index is 0.292. The Balaban J connectivity index is 2.89. The third-order valence-electron chi connectivity index (χ3n) is 2.03. The highest BCUT2D eigenvalue weighted by Gasteiger charge is 2.14. The molecule has 0 radical (unpaired) electrons. The summed E-state index contributed by atoms with van der Waals surface area (Å²) in [6.45, 7) is 5.52. The smallest absolute Gasteiger partial charge is 0.275 e. The van der Waals surface area contributed by atoms with E-state index in [0.29, 0.717) is 15.9 Å². The minimum Gasteiger partial charge on any atom is -0.339 e. The fraction of sp³-hybridized carbons (Fsp3) is 0.0833. The van der Waals surface area contributed by atoms with Crippen molar-refractivity contribution in [1.29, 1.82) is 0 Å². The molecule has 17 heavy (non-hydrogen) atoms. The first-order valence-corrected chi connectivity index (χ1v) is 5.78. The quantitative estimate of drug-likeness (QED) is 0.662. The summed E-state index contributed by atoms with van der Waals surface area (Å²) in [6, 6.07) is 1.71. The average molecular weight is 296 g/mol. The van der Waals surface area contributed by atoms with Crippen LogP contribution in [0.25, 0.3) is 0 Å². The largest absolute Gasteiger partial charge is 0.339 e. The van der Waals surface area contributed by atoms with Crippen LogP contribution < -0.4 is 11.2 Å². The Bertz CT molecular complexity index is 466. The number of halogens is 1. The molecule has 0 fully saturated rings. The molecular formula is C12H14BrN3O. The highest BCUT2D eigenvalue weighted by Crippen LogP contribution is 2.16. The van der Waals surface area contributed by atoms with Crippen molar-refractivity contribution >= 4 is 21.8 Å². The molecule has 0 bridgehead atoms. The third-order valence-corrected chi connectivity index (χ3v) is 2.67. The molecule has 0 unspecified atom stereocenters. The van der Waals surface area contributed by atoms with Crippen LogP contribution in [0.2, 0.25) is 0 Å². The number of nitrogens with one attached hydrogen (secondary N) is 1. The zero-order chi connectivity index (χ0) is 12.8. The van der Waals surface area contributed by atoms with Crippen LogP contribution in [0, 0.1) is 0 Å². The summed E-state index contributed by atoms with van der Waals surface area (Å²) in [6.07, 6.45) is 8.59. The summed E-state index contributed by atoms with van der Waals surface area (Å²) in [5.41, 5.74) is 0.972. The zero-order valence-electron chi connectivity index (χ0n) is 9.48. The normalized spacial score (nSPS) is 11.8. The Morgan fingerprint density at radius 1 is 1.65 bits per heavy atom. The molecule has 0 aromatic carbocycles. The lowest BCUT2D eigenvalue weighted by molar-refractivity contribution is 0.0959. The van der Waals surface area contributed by atoms with Crippen LogP contribution in [0.5, 0.6) is 0 Å². The van der Waals surface area contributed by atoms with Crippen LogP contribution in [0.3, 0.4) is 0 Å². The van der Waals surface area contributed by atoms with E-state index in [1.165, 1.54) is 4.68 Å². The van der Waals surface area contributed by atoms with Crippen molar-refractivity contribution < 1.29 is 4.79 Å². The Morgan fingerprint density at radius 2 is 2.35 bits per heavy atom. The molecule has 4 nitrogen and oxygen atoms in total. The SMILES string of the molecule is C=C/C(=C\C=C/C)NC(=O)c1c(Br)ccn1N. The van der Waals surface area contributed by atoms with Crippen molar-refractivity contribution in [1.82, 2.24) is 9.99 Å². The molecule has 1 aromatic rings. The Labute approximate surface area is 109 Å². The van der Waals surface area contributed by atoms with Crippen LogP contribution in [-0.4, -0.2) is 10.6 Å². The molecule has 1 rings (SSSR count). The predicted octanol–water partition coefficient (Wildman–Crippen LogP) is 2.34. The molecule has 1 amide bonds. The van der Waals surface area contributed by atoms with Gasteiger partial charge in [-0.15, -0.1) is 0 Å². The Hall–Kier alpha value is -1.75. The van der Waals surface area contributed by atoms with E-state index < -0.39 is 0 Å². The van der Waals surface area contributed by atoms with E-state index in [4.69, 9.17) is 5.84 Å². The second kappa shape index (κ2) is 6.10. The number of carbonyl (C=O) groups excluding carboxylic acids is 1. The predicted molar refractivity (Wildman–Crippen MR) is 72.8 cm³/mol. The number of allylic oxidation sites excluding steroid dienone is 4. The van der Waals surface area contributed by atoms with Gasteiger partial charge in [0, 0.05) is 11.9 Å². The molecular weight excluding hydrogens is 282 g/mol. The number of aromatic nitrogens is 1. The van der Waals surface area contributed by atoms with Gasteiger partial charge in [0.1, 0.15) is 5.69 Å². The number of rotatable bonds is 4. The molecule has 0 aliphatic carbocycles. The van der Waals surface area contributed by atoms with Gasteiger partial charge in [-0.3, -0.25) is 9.47 Å². The van der Waals surface area contributed by atoms with Crippen molar-refractivity contribution in [3.05, 3.63) is 59.0 Å². The van der Waals surface area contributed by atoms with E-state index in [-0.39, 0.29) is 5.91 Å². The second-order valence-electron chi connectivity index (χ2n) is 3.23. The molecule has 1 heterocycles. The summed E-state index contributed by atoms with van der Waals surface area (Å²) in [5, 5.41) is 2.71. The van der Waals surface area contributed by atoms with Gasteiger partial charge in [-0.2, -0.15) is 0 Å². The summed E-state index contributed by atoms with van der Waals surface area (Å²) in [7, 11) is 0. The van der Waals surface area contributed by atoms with Gasteiger partial charge in [-0.1, -0.05) is 18.7 Å². The number of hydrogen-bond donors (Lipinski definition) is 2. The fourth-order valence-corrected chi connectivity index (χ4v) is 1.70. The zero-order valence-corrected chi connectivity index (χ0v) is 11.1. The molecule has 0 atom stereocenters. The highest BCUT2D eigenvalue weighted by atomic mass is 79.9. The maximum atomic E-state index is 11.9. The van der Waals surface area contributed by atoms with E-state index in [0.717, 1.165) is 0 Å². The fourth-order valence-electron chi connectivity index (χ4n) is 1.20. The van der Waals surface area contributed by atoms with Crippen molar-refractivity contribution in [2.75, 3.05) is 5.84 Å². The van der Waals surface area contributed by atoms with Gasteiger partial charge in [-0.05, 0) is 41.1 Å². The second-order valence-corrected chi connectivity index (χ2v) is 4.08. The third kappa shape index (κ3) is 3.35. The highest BCUT2D eigenvalue weighted by molar-refractivity contribution is 9.10. The summed E-state index contributed by atoms with van der Waals surface area (Å²) < 4.78 is 1.91. The standard InChI is InChI=1S/C12H14BrN3O/c1-3-5-6-9(4-2)15-12(17)11-10(13)7-8-16(11)14/h3-8H,2,14H2,1H3,(H,15,17)/b5-3-,9-6+. The van der Waals surface area contributed by atoms with Crippen molar-refractivity contribution in [2.24, 2.45) is 0 Å². The first-order valence-electron chi connectivity index (χ1n) is 4.98. The lowest BCUT2D eigenvalue weighted by Crippen LogP contribution is -2.27. The minimum atomic E-state index is -0.292. The first-order chi connectivity index (χ1) is 8.10. The number of nitrogens with zero attached hydrogens (tertiary/aromatic N) is 1. The van der Waals surface area contributed by atoms with E-state index in [1.54, 1.807) is 24.4 Å². The molecule has 90 valence electrons. The molecule has 0 spiro atoms. The molecule has 0 aliphatic heterocycles. The lowest BCUT2D eigenvalue weighted by Gasteiger charge is -2.06. The van der Waals surface area contributed by atoms with Crippen LogP contribution in [0.1, 0.15) is 17.4 Å². The van der Waals surface area contributed by atoms with E-state index in [9.17, 15) is 4.79 Å². The van der Waals surface area contributed by atoms with E-state index in [2.05, 4.69) is 27.8 Å². The monoisotopic (exact) mass is 295 g/mol. The van der Waals surface area contributed by atoms with Gasteiger partial charge in [0.2, 0.25) is 0 Å². The van der Waals surface area contributed by atoms with Gasteiger partial charge < -0.3 is 11.2 Å². The van der Waals surface area contributed by atoms with Gasteiger partial charge in [-0.25, -0.2) is 0 Å². The average Bonchev–Trinajstić information content (AvgIpc) is 2.64. The van der Waals surface area contributed by atoms with Gasteiger partial charge in [0.05, 0.1) is 4.47 Å². The van der Waals surface area contributed by atoms with Crippen molar-refractivity contribution in [3.8, 4) is 0 Å². The lowest BCUT2D eigenvalue weighted by atomic mass is 10.3. The molecule has 0 saturated carbocycles. The van der Waals surface area contributed by atoms with Gasteiger partial charge >= 0.3 is 0 Å². The molecule has 3 N–H and O–H groups in total. The maximum Gasteiger partial charge on any atom is 0.275 e. The summed E-state index contributed by atoms with van der Waals surface area (Å²) in [5.74, 6) is 5.33. The molecule has 1 aromatic heterocycles. The van der Waals surface area contributed by atoms with E-state index in [1.807, 2.05) is 19.1 Å². The van der Waals surface area contributed by atoms with Gasteiger partial charge in [0.15, 0.2) is 0 Å². The molecule has 5 heteroatoms. The first kappa shape index (κ1) is 13.3. The van der Waals surface area contributed by atoms with E-state index >= 15 is 0 Å². The van der Waals surface area contributed by atoms with Crippen LogP contribution in [-0.2, 0) is 0 Å². The van der Waals surface area contributed by atoms with Gasteiger partial charge in [0.25, 0.3) is 5.91 Å². The summed E-state index contributed by atoms with van der Waals surface area (Å²) >= 11 is 3.26. The van der Waals surface area contributed by atoms with Crippen molar-refractivity contribution in [2.45, 2.75) is 6.92 Å². The Kier molecular flexibility index (Phi) is 4.78. The van der Waals surface area contributed by atoms with Crippen LogP contribution >= 0.6 is 15.9 Å². The number of carbonyl (C=O) groups is 1. The van der Waals surface area contributed by atoms with Crippen molar-refractivity contribution in [3.63, 3.8) is 0 Å². The van der Waals surface area contributed by atoms with Crippen LogP contribution in [0.15, 0.2) is 53.3 Å². The number of amides is 1. The number of nitrogen functional groups attached to an aromatic ring is 1. The summed E-state index contributed by atoms with van der Waals surface area (Å²) in [4.78, 5) is 11.9. The number of nitrogens with two attached hydrogens (primary N) is 1. The Morgan fingerprint density at radius 3 is 2.82 bits per heavy atom. The van der Waals surface area contributed by atoms with Crippen LogP contribution in [0.4, 0.5) is 0 Å². The number of hydrogen-bond acceptors (Lipinski definition) is 2. The topological polar surface area (TPSA) is 60.0 Å².